The first-order valence-corrected chi connectivity index (χ1v) is 22.3. The first-order valence-electron chi connectivity index (χ1n) is 21.2. The number of primary amides is 1. The van der Waals surface area contributed by atoms with Crippen LogP contribution < -0.4 is 22.1 Å². The molecule has 0 bridgehead atoms. The lowest BCUT2D eigenvalue weighted by Crippen LogP contribution is -2.46. The topological polar surface area (TPSA) is 261 Å². The molecule has 19 heteroatoms. The summed E-state index contributed by atoms with van der Waals surface area (Å²) in [5, 5.41) is 23.1. The van der Waals surface area contributed by atoms with Gasteiger partial charge in [-0.1, -0.05) is 58.0 Å². The van der Waals surface area contributed by atoms with Gasteiger partial charge in [-0.3, -0.25) is 33.6 Å². The summed E-state index contributed by atoms with van der Waals surface area (Å²) in [4.78, 5) is 102. The zero-order valence-electron chi connectivity index (χ0n) is 37.3. The van der Waals surface area contributed by atoms with Crippen LogP contribution in [0.2, 0.25) is 0 Å². The number of aromatic nitrogens is 1. The van der Waals surface area contributed by atoms with Crippen LogP contribution in [0.5, 0.6) is 0 Å². The second kappa shape index (κ2) is 24.9. The van der Waals surface area contributed by atoms with Gasteiger partial charge in [0.2, 0.25) is 23.6 Å². The van der Waals surface area contributed by atoms with Crippen LogP contribution in [-0.4, -0.2) is 103 Å². The second-order valence-corrected chi connectivity index (χ2v) is 18.2. The number of amides is 4. The Kier molecular flexibility index (Phi) is 20.5. The lowest BCUT2D eigenvalue weighted by Gasteiger charge is -2.41. The van der Waals surface area contributed by atoms with Crippen LogP contribution in [0.3, 0.4) is 0 Å². The Morgan fingerprint density at radius 3 is 2.12 bits per heavy atom. The Morgan fingerprint density at radius 2 is 1.52 bits per heavy atom. The van der Waals surface area contributed by atoms with E-state index in [1.54, 1.807) is 17.2 Å². The third-order valence-electron chi connectivity index (χ3n) is 10.5. The Bertz CT molecular complexity index is 2180. The monoisotopic (exact) mass is 926 g/mol. The SMILES string of the molecule is C[C@H](N)C(=O)C[C@H](C)C(=O)N[C@@H](CC(N)=O)C(=O)CCCCN(C(=O)CSCCC(=O)N[C@H](CC(=O)O)C(=O)O)[C@@H](c1cc(-c2cc(F)ccc2F)cn1Cc1ccccc1)C(C)(C)C. The standard InChI is InChI=1S/C46H60F2N6O10S/c1-27(19-38(56)28(2)49)44(62)52-34(22-39(50)57)37(55)13-9-10-17-54(41(59)26-65-18-16-40(58)51-35(45(63)64)23-42(60)61)43(46(3,4)5)36-20-30(32-21-31(47)14-15-33(32)48)25-53(36)24-29-11-7-6-8-12-29/h6-8,11-12,14-15,20-21,25,27-28,34-35,43H,9-10,13,16-19,22-24,26,49H2,1-5H3,(H2,50,57)(H,51,58)(H,52,62)(H,60,61)(H,63,64)/t27-,28-,34-,35+,43-/m0/s1. The van der Waals surface area contributed by atoms with Gasteiger partial charge in [-0.05, 0) is 55.0 Å². The molecule has 0 unspecified atom stereocenters. The molecule has 1 aromatic heterocycles. The fourth-order valence-electron chi connectivity index (χ4n) is 7.15. The molecule has 0 saturated heterocycles. The maximum Gasteiger partial charge on any atom is 0.326 e. The number of hydrogen-bond acceptors (Lipinski definition) is 10. The van der Waals surface area contributed by atoms with Gasteiger partial charge in [0.15, 0.2) is 5.78 Å². The molecule has 0 saturated carbocycles. The van der Waals surface area contributed by atoms with Gasteiger partial charge in [0.25, 0.3) is 0 Å². The van der Waals surface area contributed by atoms with Crippen molar-refractivity contribution < 1.29 is 57.4 Å². The summed E-state index contributed by atoms with van der Waals surface area (Å²) in [6.07, 6.45) is 0.328. The number of nitrogens with zero attached hydrogens (tertiary/aromatic N) is 2. The van der Waals surface area contributed by atoms with Crippen molar-refractivity contribution in [3.8, 4) is 11.1 Å². The number of carbonyl (C=O) groups excluding carboxylic acids is 6. The molecule has 8 N–H and O–H groups in total. The number of halogens is 2. The van der Waals surface area contributed by atoms with Gasteiger partial charge in [-0.2, -0.15) is 11.8 Å². The highest BCUT2D eigenvalue weighted by atomic mass is 32.2. The highest BCUT2D eigenvalue weighted by Crippen LogP contribution is 2.41. The quantitative estimate of drug-likeness (QED) is 0.0573. The first-order chi connectivity index (χ1) is 30.5. The van der Waals surface area contributed by atoms with Crippen LogP contribution >= 0.6 is 11.8 Å². The highest BCUT2D eigenvalue weighted by Gasteiger charge is 2.37. The molecule has 5 atom stereocenters. The fourth-order valence-corrected chi connectivity index (χ4v) is 7.97. The van der Waals surface area contributed by atoms with Crippen molar-refractivity contribution in [2.45, 2.75) is 110 Å². The Morgan fingerprint density at radius 1 is 0.846 bits per heavy atom. The van der Waals surface area contributed by atoms with E-state index < -0.39 is 95.4 Å². The summed E-state index contributed by atoms with van der Waals surface area (Å²) in [6.45, 7) is 9.10. The van der Waals surface area contributed by atoms with Crippen molar-refractivity contribution in [3.63, 3.8) is 0 Å². The molecule has 1 heterocycles. The van der Waals surface area contributed by atoms with Gasteiger partial charge >= 0.3 is 11.9 Å². The van der Waals surface area contributed by atoms with Crippen LogP contribution in [-0.2, 0) is 44.9 Å². The van der Waals surface area contributed by atoms with E-state index in [0.717, 1.165) is 35.5 Å². The number of ketones is 2. The number of hydrogen-bond donors (Lipinski definition) is 6. The molecule has 65 heavy (non-hydrogen) atoms. The van der Waals surface area contributed by atoms with E-state index in [2.05, 4.69) is 10.6 Å². The number of rotatable bonds is 27. The van der Waals surface area contributed by atoms with Crippen molar-refractivity contribution in [2.75, 3.05) is 18.1 Å². The normalized spacial score (nSPS) is 13.7. The maximum absolute atomic E-state index is 15.3. The number of nitrogens with two attached hydrogens (primary N) is 2. The minimum absolute atomic E-state index is 0.0111. The largest absolute Gasteiger partial charge is 0.481 e. The van der Waals surface area contributed by atoms with Crippen LogP contribution in [0.1, 0.15) is 96.9 Å². The van der Waals surface area contributed by atoms with Gasteiger partial charge in [-0.25, -0.2) is 13.6 Å². The van der Waals surface area contributed by atoms with Gasteiger partial charge in [0, 0.05) is 67.0 Å². The molecule has 0 radical (unpaired) electrons. The molecule has 3 rings (SSSR count). The number of benzene rings is 2. The van der Waals surface area contributed by atoms with Crippen LogP contribution in [0.4, 0.5) is 8.78 Å². The van der Waals surface area contributed by atoms with E-state index in [1.807, 2.05) is 55.7 Å². The zero-order chi connectivity index (χ0) is 48.6. The second-order valence-electron chi connectivity index (χ2n) is 17.1. The summed E-state index contributed by atoms with van der Waals surface area (Å²) < 4.78 is 31.7. The summed E-state index contributed by atoms with van der Waals surface area (Å²) in [7, 11) is 0. The van der Waals surface area contributed by atoms with Crippen molar-refractivity contribution in [2.24, 2.45) is 22.8 Å². The molecule has 2 aromatic carbocycles. The van der Waals surface area contributed by atoms with E-state index in [9.17, 15) is 47.9 Å². The van der Waals surface area contributed by atoms with Crippen LogP contribution in [0, 0.1) is 23.0 Å². The van der Waals surface area contributed by atoms with Gasteiger partial charge < -0.3 is 41.8 Å². The van der Waals surface area contributed by atoms with E-state index in [0.29, 0.717) is 17.8 Å². The number of unbranched alkanes of at least 4 members (excludes halogenated alkanes) is 1. The fraction of sp³-hybridized carbons (Fsp3) is 0.478. The molecule has 4 amide bonds. The van der Waals surface area contributed by atoms with Crippen molar-refractivity contribution in [1.82, 2.24) is 20.1 Å². The van der Waals surface area contributed by atoms with Gasteiger partial charge in [-0.15, -0.1) is 0 Å². The molecule has 0 fully saturated rings. The molecule has 0 aliphatic rings. The Hall–Kier alpha value is -5.95. The summed E-state index contributed by atoms with van der Waals surface area (Å²) in [5.41, 5.74) is 12.2. The average Bonchev–Trinajstić information content (AvgIpc) is 3.62. The summed E-state index contributed by atoms with van der Waals surface area (Å²) in [5.74, 6) is -8.55. The van der Waals surface area contributed by atoms with Crippen LogP contribution in [0.15, 0.2) is 60.8 Å². The lowest BCUT2D eigenvalue weighted by molar-refractivity contribution is -0.147. The molecule has 0 aliphatic heterocycles. The third-order valence-corrected chi connectivity index (χ3v) is 11.4. The van der Waals surface area contributed by atoms with E-state index in [4.69, 9.17) is 16.6 Å². The molecular weight excluding hydrogens is 867 g/mol. The predicted octanol–water partition coefficient (Wildman–Crippen LogP) is 4.61. The first kappa shape index (κ1) is 53.4. The minimum atomic E-state index is -1.64. The van der Waals surface area contributed by atoms with Crippen LogP contribution in [0.25, 0.3) is 11.1 Å². The number of carboxylic acid groups (broad SMARTS) is 2. The molecular formula is C46H60F2N6O10S. The van der Waals surface area contributed by atoms with Crippen molar-refractivity contribution in [3.05, 3.63) is 83.7 Å². The van der Waals surface area contributed by atoms with Gasteiger partial charge in [0.05, 0.1) is 36.7 Å². The summed E-state index contributed by atoms with van der Waals surface area (Å²) in [6, 6.07) is 9.82. The maximum atomic E-state index is 15.3. The number of Topliss-reactive ketones (excluding diaryl/α,β-unsaturated/α-hetero) is 2. The molecule has 0 aliphatic carbocycles. The third kappa shape index (κ3) is 17.2. The van der Waals surface area contributed by atoms with E-state index in [-0.39, 0.29) is 67.4 Å². The molecule has 16 nitrogen and oxygen atoms in total. The summed E-state index contributed by atoms with van der Waals surface area (Å²) >= 11 is 1.09. The van der Waals surface area contributed by atoms with E-state index >= 15 is 4.39 Å². The molecule has 3 aromatic rings. The van der Waals surface area contributed by atoms with Gasteiger partial charge in [0.1, 0.15) is 23.5 Å². The number of carboxylic acids is 2. The van der Waals surface area contributed by atoms with E-state index in [1.165, 1.54) is 13.8 Å². The number of aliphatic carboxylic acids is 2. The molecule has 0 spiro atoms. The average molecular weight is 927 g/mol. The lowest BCUT2D eigenvalue weighted by atomic mass is 9.82. The number of carbonyl (C=O) groups is 8. The smallest absolute Gasteiger partial charge is 0.326 e. The highest BCUT2D eigenvalue weighted by molar-refractivity contribution is 7.99. The predicted molar refractivity (Wildman–Crippen MR) is 240 cm³/mol. The number of nitrogens with one attached hydrogen (secondary N) is 2. The molecule has 354 valence electrons. The zero-order valence-corrected chi connectivity index (χ0v) is 38.1. The van der Waals surface area contributed by atoms with Crippen molar-refractivity contribution in [1.29, 1.82) is 0 Å². The Balaban J connectivity index is 1.96. The number of thioether (sulfide) groups is 1. The minimum Gasteiger partial charge on any atom is -0.481 e. The Labute approximate surface area is 381 Å². The van der Waals surface area contributed by atoms with Crippen molar-refractivity contribution >= 4 is 58.9 Å².